The molecule has 2 aromatic rings. The van der Waals surface area contributed by atoms with Crippen molar-refractivity contribution in [2.45, 2.75) is 49.1 Å². The molecule has 11 heteroatoms. The molecule has 0 saturated heterocycles. The number of rotatable bonds is 5. The van der Waals surface area contributed by atoms with Crippen LogP contribution in [0.15, 0.2) is 41.3 Å². The quantitative estimate of drug-likeness (QED) is 0.671. The molecule has 0 amide bonds. The van der Waals surface area contributed by atoms with E-state index in [1.165, 1.54) is 0 Å². The van der Waals surface area contributed by atoms with E-state index in [0.29, 0.717) is 31.7 Å². The van der Waals surface area contributed by atoms with Gasteiger partial charge in [-0.15, -0.1) is 13.2 Å². The van der Waals surface area contributed by atoms with Gasteiger partial charge in [-0.2, -0.15) is 0 Å². The normalized spacial score (nSPS) is 20.2. The summed E-state index contributed by atoms with van der Waals surface area (Å²) < 4.78 is 97.4. The zero-order valence-electron chi connectivity index (χ0n) is 15.4. The van der Waals surface area contributed by atoms with Gasteiger partial charge in [0.15, 0.2) is 0 Å². The number of halogens is 5. The monoisotopic (exact) mass is 451 g/mol. The van der Waals surface area contributed by atoms with E-state index >= 15 is 0 Å². The molecule has 0 spiro atoms. The van der Waals surface area contributed by atoms with Gasteiger partial charge in [-0.05, 0) is 55.5 Å². The number of nitrogens with one attached hydrogen (secondary N) is 1. The zero-order valence-corrected chi connectivity index (χ0v) is 16.2. The fourth-order valence-electron chi connectivity index (χ4n) is 3.30. The summed E-state index contributed by atoms with van der Waals surface area (Å²) in [7, 11) is -4.41. The minimum Gasteiger partial charge on any atom is -0.404 e. The minimum atomic E-state index is -5.20. The number of aliphatic hydroxyl groups is 1. The molecule has 164 valence electrons. The Morgan fingerprint density at radius 1 is 1.00 bits per heavy atom. The van der Waals surface area contributed by atoms with E-state index < -0.39 is 50.8 Å². The average Bonchev–Trinajstić information content (AvgIpc) is 2.62. The minimum absolute atomic E-state index is 0.119. The van der Waals surface area contributed by atoms with E-state index in [9.17, 15) is 35.5 Å². The van der Waals surface area contributed by atoms with Crippen LogP contribution >= 0.6 is 0 Å². The second-order valence-electron chi connectivity index (χ2n) is 6.96. The molecule has 5 nitrogen and oxygen atoms in total. The first-order valence-electron chi connectivity index (χ1n) is 9.00. The highest BCUT2D eigenvalue weighted by atomic mass is 32.2. The van der Waals surface area contributed by atoms with Crippen LogP contribution in [0.2, 0.25) is 0 Å². The Morgan fingerprint density at radius 3 is 2.27 bits per heavy atom. The van der Waals surface area contributed by atoms with Crippen LogP contribution < -0.4 is 9.46 Å². The Bertz CT molecular complexity index is 1020. The summed E-state index contributed by atoms with van der Waals surface area (Å²) in [6, 6.07) is 4.68. The first-order valence-corrected chi connectivity index (χ1v) is 10.5. The van der Waals surface area contributed by atoms with Crippen LogP contribution in [0, 0.1) is 11.6 Å². The molecule has 0 radical (unpaired) electrons. The second kappa shape index (κ2) is 8.48. The Labute approximate surface area is 169 Å². The number of aliphatic hydroxyl groups excluding tert-OH is 1. The second-order valence-corrected chi connectivity index (χ2v) is 8.64. The highest BCUT2D eigenvalue weighted by Crippen LogP contribution is 2.35. The van der Waals surface area contributed by atoms with Gasteiger partial charge in [0.25, 0.3) is 0 Å². The lowest BCUT2D eigenvalue weighted by atomic mass is 9.94. The molecule has 1 fully saturated rings. The third kappa shape index (κ3) is 5.46. The lowest BCUT2D eigenvalue weighted by Gasteiger charge is -2.26. The molecule has 2 aromatic carbocycles. The van der Waals surface area contributed by atoms with Gasteiger partial charge < -0.3 is 9.84 Å². The molecule has 0 heterocycles. The van der Waals surface area contributed by atoms with E-state index in [2.05, 4.69) is 9.46 Å². The van der Waals surface area contributed by atoms with Crippen molar-refractivity contribution in [3.8, 4) is 16.9 Å². The predicted octanol–water partition coefficient (Wildman–Crippen LogP) is 4.11. The Kier molecular flexibility index (Phi) is 6.34. The van der Waals surface area contributed by atoms with E-state index in [1.54, 1.807) is 0 Å². The maximum atomic E-state index is 14.0. The molecular weight excluding hydrogens is 433 g/mol. The van der Waals surface area contributed by atoms with Crippen LogP contribution in [0.3, 0.4) is 0 Å². The van der Waals surface area contributed by atoms with Crippen molar-refractivity contribution >= 4 is 10.0 Å². The van der Waals surface area contributed by atoms with E-state index in [-0.39, 0.29) is 11.1 Å². The molecule has 3 rings (SSSR count). The maximum absolute atomic E-state index is 14.0. The fraction of sp³-hybridized carbons (Fsp3) is 0.368. The first kappa shape index (κ1) is 22.4. The van der Waals surface area contributed by atoms with Crippen LogP contribution in [-0.4, -0.2) is 32.0 Å². The average molecular weight is 451 g/mol. The van der Waals surface area contributed by atoms with Gasteiger partial charge in [-0.25, -0.2) is 21.9 Å². The Balaban J connectivity index is 1.98. The van der Waals surface area contributed by atoms with Crippen molar-refractivity contribution in [1.29, 1.82) is 0 Å². The third-order valence-corrected chi connectivity index (χ3v) is 6.28. The SMILES string of the molecule is O=S(=O)(N[C@H]1CC[C@H](O)CC1)c1ccc(-c2ccc(F)cc2F)cc1OC(F)(F)F. The summed E-state index contributed by atoms with van der Waals surface area (Å²) in [5.74, 6) is -2.93. The molecule has 0 atom stereocenters. The predicted molar refractivity (Wildman–Crippen MR) is 97.1 cm³/mol. The highest BCUT2D eigenvalue weighted by Gasteiger charge is 2.35. The van der Waals surface area contributed by atoms with Crippen molar-refractivity contribution < 1.29 is 40.2 Å². The van der Waals surface area contributed by atoms with E-state index in [4.69, 9.17) is 0 Å². The largest absolute Gasteiger partial charge is 0.573 e. The van der Waals surface area contributed by atoms with Crippen LogP contribution in [0.5, 0.6) is 5.75 Å². The van der Waals surface area contributed by atoms with Crippen molar-refractivity contribution in [2.24, 2.45) is 0 Å². The fourth-order valence-corrected chi connectivity index (χ4v) is 4.72. The number of sulfonamides is 1. The van der Waals surface area contributed by atoms with Crippen LogP contribution in [0.4, 0.5) is 22.0 Å². The molecule has 2 N–H and O–H groups in total. The molecule has 0 aliphatic heterocycles. The molecule has 1 aliphatic carbocycles. The van der Waals surface area contributed by atoms with Gasteiger partial charge in [0.05, 0.1) is 6.10 Å². The first-order chi connectivity index (χ1) is 13.9. The summed E-state index contributed by atoms with van der Waals surface area (Å²) in [5.41, 5.74) is -0.340. The number of ether oxygens (including phenoxy) is 1. The van der Waals surface area contributed by atoms with Crippen LogP contribution in [0.1, 0.15) is 25.7 Å². The lowest BCUT2D eigenvalue weighted by Crippen LogP contribution is -2.38. The summed E-state index contributed by atoms with van der Waals surface area (Å²) in [6.45, 7) is 0. The zero-order chi connectivity index (χ0) is 22.1. The number of hydrogen-bond acceptors (Lipinski definition) is 4. The Morgan fingerprint density at radius 2 is 1.67 bits per heavy atom. The summed E-state index contributed by atoms with van der Waals surface area (Å²) in [5, 5.41) is 9.52. The van der Waals surface area contributed by atoms with Gasteiger partial charge in [-0.1, -0.05) is 6.07 Å². The van der Waals surface area contributed by atoms with Crippen molar-refractivity contribution in [2.75, 3.05) is 0 Å². The molecule has 0 bridgehead atoms. The van der Waals surface area contributed by atoms with E-state index in [0.717, 1.165) is 30.3 Å². The smallest absolute Gasteiger partial charge is 0.404 e. The molecule has 0 unspecified atom stereocenters. The van der Waals surface area contributed by atoms with Crippen molar-refractivity contribution in [3.05, 3.63) is 48.0 Å². The highest BCUT2D eigenvalue weighted by molar-refractivity contribution is 7.89. The van der Waals surface area contributed by atoms with Crippen molar-refractivity contribution in [3.63, 3.8) is 0 Å². The van der Waals surface area contributed by atoms with Gasteiger partial charge in [0, 0.05) is 17.7 Å². The third-order valence-electron chi connectivity index (χ3n) is 4.72. The molecule has 1 aliphatic rings. The number of hydrogen-bond donors (Lipinski definition) is 2. The van der Waals surface area contributed by atoms with Gasteiger partial charge in [0.2, 0.25) is 10.0 Å². The Hall–Kier alpha value is -2.24. The summed E-state index contributed by atoms with van der Waals surface area (Å²) in [4.78, 5) is -0.766. The van der Waals surface area contributed by atoms with Gasteiger partial charge >= 0.3 is 6.36 Å². The maximum Gasteiger partial charge on any atom is 0.573 e. The van der Waals surface area contributed by atoms with Gasteiger partial charge in [-0.3, -0.25) is 0 Å². The molecular formula is C19H18F5NO4S. The molecule has 1 saturated carbocycles. The number of benzene rings is 2. The van der Waals surface area contributed by atoms with Crippen LogP contribution in [-0.2, 0) is 10.0 Å². The van der Waals surface area contributed by atoms with E-state index in [1.807, 2.05) is 0 Å². The number of alkyl halides is 3. The van der Waals surface area contributed by atoms with Crippen molar-refractivity contribution in [1.82, 2.24) is 4.72 Å². The topological polar surface area (TPSA) is 75.6 Å². The van der Waals surface area contributed by atoms with Gasteiger partial charge in [0.1, 0.15) is 22.3 Å². The standard InChI is InChI=1S/C19H18F5NO4S/c20-12-2-7-15(16(21)10-12)11-1-8-18(17(9-11)29-19(22,23)24)30(27,28)25-13-3-5-14(26)6-4-13/h1-2,7-10,13-14,25-26H,3-6H2/t13-,14-. The lowest BCUT2D eigenvalue weighted by molar-refractivity contribution is -0.275. The summed E-state index contributed by atoms with van der Waals surface area (Å²) in [6.07, 6.45) is -4.35. The molecule has 0 aromatic heterocycles. The molecule has 30 heavy (non-hydrogen) atoms. The van der Waals surface area contributed by atoms with Crippen LogP contribution in [0.25, 0.3) is 11.1 Å². The summed E-state index contributed by atoms with van der Waals surface area (Å²) >= 11 is 0.